The van der Waals surface area contributed by atoms with E-state index >= 15 is 0 Å². The number of aryl methyl sites for hydroxylation is 1. The van der Waals surface area contributed by atoms with Crippen LogP contribution in [0.1, 0.15) is 35.7 Å². The zero-order chi connectivity index (χ0) is 11.7. The fourth-order valence-electron chi connectivity index (χ4n) is 1.75. The average Bonchev–Trinajstić information content (AvgIpc) is 3.05. The Morgan fingerprint density at radius 3 is 2.75 bits per heavy atom. The summed E-state index contributed by atoms with van der Waals surface area (Å²) >= 11 is 0. The molecule has 1 fully saturated rings. The van der Waals surface area contributed by atoms with Gasteiger partial charge in [-0.05, 0) is 50.3 Å². The number of carbonyl (C=O) groups excluding carboxylic acids is 1. The molecule has 2 N–H and O–H groups in total. The highest BCUT2D eigenvalue weighted by Gasteiger charge is 2.29. The Labute approximate surface area is 95.5 Å². The van der Waals surface area contributed by atoms with Gasteiger partial charge in [-0.2, -0.15) is 0 Å². The molecular formula is C13H17NO2. The number of aromatic hydroxyl groups is 1. The summed E-state index contributed by atoms with van der Waals surface area (Å²) in [4.78, 5) is 11.8. The standard InChI is InChI=1S/C13H17NO2/c1-8-3-4-11(7-12(8)15)13(16)14-9(2)10-5-6-10/h3-4,7,9-10,15H,5-6H2,1-2H3,(H,14,16). The largest absolute Gasteiger partial charge is 0.508 e. The van der Waals surface area contributed by atoms with Crippen LogP contribution in [0.15, 0.2) is 18.2 Å². The number of phenolic OH excluding ortho intramolecular Hbond substituents is 1. The second-order valence-corrected chi connectivity index (χ2v) is 4.60. The molecular weight excluding hydrogens is 202 g/mol. The molecule has 1 saturated carbocycles. The molecule has 0 radical (unpaired) electrons. The number of amides is 1. The Bertz CT molecular complexity index is 410. The van der Waals surface area contributed by atoms with Crippen LogP contribution < -0.4 is 5.32 Å². The Balaban J connectivity index is 2.05. The first-order valence-electron chi connectivity index (χ1n) is 5.68. The summed E-state index contributed by atoms with van der Waals surface area (Å²) in [5.41, 5.74) is 1.31. The number of phenols is 1. The first-order chi connectivity index (χ1) is 7.58. The summed E-state index contributed by atoms with van der Waals surface area (Å²) in [6.45, 7) is 3.84. The molecule has 0 heterocycles. The van der Waals surface area contributed by atoms with E-state index in [1.807, 2.05) is 13.8 Å². The lowest BCUT2D eigenvalue weighted by Gasteiger charge is -2.13. The Hall–Kier alpha value is -1.51. The molecule has 3 heteroatoms. The fourth-order valence-corrected chi connectivity index (χ4v) is 1.75. The van der Waals surface area contributed by atoms with E-state index in [1.165, 1.54) is 18.9 Å². The highest BCUT2D eigenvalue weighted by atomic mass is 16.3. The lowest BCUT2D eigenvalue weighted by atomic mass is 10.1. The van der Waals surface area contributed by atoms with Crippen LogP contribution in [0, 0.1) is 12.8 Å². The third-order valence-corrected chi connectivity index (χ3v) is 3.16. The quantitative estimate of drug-likeness (QED) is 0.819. The van der Waals surface area contributed by atoms with Crippen molar-refractivity contribution < 1.29 is 9.90 Å². The summed E-state index contributed by atoms with van der Waals surface area (Å²) < 4.78 is 0. The summed E-state index contributed by atoms with van der Waals surface area (Å²) in [6.07, 6.45) is 2.42. The van der Waals surface area contributed by atoms with Gasteiger partial charge < -0.3 is 10.4 Å². The normalized spacial score (nSPS) is 16.9. The molecule has 2 rings (SSSR count). The van der Waals surface area contributed by atoms with E-state index in [1.54, 1.807) is 12.1 Å². The van der Waals surface area contributed by atoms with Gasteiger partial charge in [0.15, 0.2) is 0 Å². The number of carbonyl (C=O) groups is 1. The highest BCUT2D eigenvalue weighted by molar-refractivity contribution is 5.94. The molecule has 0 saturated heterocycles. The molecule has 86 valence electrons. The van der Waals surface area contributed by atoms with Gasteiger partial charge in [0, 0.05) is 11.6 Å². The van der Waals surface area contributed by atoms with Gasteiger partial charge in [0.25, 0.3) is 5.91 Å². The number of benzene rings is 1. The zero-order valence-corrected chi connectivity index (χ0v) is 9.66. The second kappa shape index (κ2) is 4.16. The number of hydrogen-bond acceptors (Lipinski definition) is 2. The van der Waals surface area contributed by atoms with Crippen molar-refractivity contribution in [2.24, 2.45) is 5.92 Å². The van der Waals surface area contributed by atoms with Crippen LogP contribution in [0.4, 0.5) is 0 Å². The molecule has 1 aromatic rings. The summed E-state index contributed by atoms with van der Waals surface area (Å²) in [7, 11) is 0. The Morgan fingerprint density at radius 2 is 2.19 bits per heavy atom. The van der Waals surface area contributed by atoms with E-state index in [-0.39, 0.29) is 17.7 Å². The van der Waals surface area contributed by atoms with Crippen LogP contribution in [0.2, 0.25) is 0 Å². The monoisotopic (exact) mass is 219 g/mol. The average molecular weight is 219 g/mol. The maximum atomic E-state index is 11.8. The lowest BCUT2D eigenvalue weighted by Crippen LogP contribution is -2.33. The highest BCUT2D eigenvalue weighted by Crippen LogP contribution is 2.32. The van der Waals surface area contributed by atoms with Gasteiger partial charge >= 0.3 is 0 Å². The maximum Gasteiger partial charge on any atom is 0.251 e. The van der Waals surface area contributed by atoms with Crippen molar-refractivity contribution in [1.29, 1.82) is 0 Å². The van der Waals surface area contributed by atoms with E-state index in [2.05, 4.69) is 5.32 Å². The minimum absolute atomic E-state index is 0.102. The molecule has 0 spiro atoms. The van der Waals surface area contributed by atoms with Crippen molar-refractivity contribution in [3.8, 4) is 5.75 Å². The Kier molecular flexibility index (Phi) is 2.86. The van der Waals surface area contributed by atoms with Crippen molar-refractivity contribution in [3.63, 3.8) is 0 Å². The summed E-state index contributed by atoms with van der Waals surface area (Å²) in [5.74, 6) is 0.712. The summed E-state index contributed by atoms with van der Waals surface area (Å²) in [5, 5.41) is 12.5. The van der Waals surface area contributed by atoms with Gasteiger partial charge in [-0.3, -0.25) is 4.79 Å². The topological polar surface area (TPSA) is 49.3 Å². The van der Waals surface area contributed by atoms with Gasteiger partial charge in [0.2, 0.25) is 0 Å². The van der Waals surface area contributed by atoms with Gasteiger partial charge in [0.05, 0.1) is 0 Å². The van der Waals surface area contributed by atoms with Crippen LogP contribution in [0.3, 0.4) is 0 Å². The van der Waals surface area contributed by atoms with Crippen LogP contribution in [0.5, 0.6) is 5.75 Å². The van der Waals surface area contributed by atoms with Crippen molar-refractivity contribution in [2.45, 2.75) is 32.7 Å². The SMILES string of the molecule is Cc1ccc(C(=O)NC(C)C2CC2)cc1O. The first kappa shape index (κ1) is 11.0. The molecule has 1 amide bonds. The molecule has 1 atom stereocenters. The molecule has 16 heavy (non-hydrogen) atoms. The van der Waals surface area contributed by atoms with Gasteiger partial charge in [0.1, 0.15) is 5.75 Å². The predicted molar refractivity (Wildman–Crippen MR) is 62.5 cm³/mol. The first-order valence-corrected chi connectivity index (χ1v) is 5.68. The van der Waals surface area contributed by atoms with Gasteiger partial charge in [-0.25, -0.2) is 0 Å². The number of rotatable bonds is 3. The molecule has 0 aromatic heterocycles. The smallest absolute Gasteiger partial charge is 0.251 e. The van der Waals surface area contributed by atoms with Crippen molar-refractivity contribution in [1.82, 2.24) is 5.32 Å². The molecule has 1 aliphatic rings. The van der Waals surface area contributed by atoms with Crippen molar-refractivity contribution >= 4 is 5.91 Å². The van der Waals surface area contributed by atoms with Gasteiger partial charge in [-0.15, -0.1) is 0 Å². The lowest BCUT2D eigenvalue weighted by molar-refractivity contribution is 0.0935. The minimum atomic E-state index is -0.102. The maximum absolute atomic E-state index is 11.8. The van der Waals surface area contributed by atoms with Crippen LogP contribution in [-0.4, -0.2) is 17.1 Å². The Morgan fingerprint density at radius 1 is 1.50 bits per heavy atom. The minimum Gasteiger partial charge on any atom is -0.508 e. The van der Waals surface area contributed by atoms with E-state index in [0.717, 1.165) is 5.56 Å². The van der Waals surface area contributed by atoms with Crippen LogP contribution in [-0.2, 0) is 0 Å². The zero-order valence-electron chi connectivity index (χ0n) is 9.66. The van der Waals surface area contributed by atoms with E-state index < -0.39 is 0 Å². The molecule has 0 aliphatic heterocycles. The van der Waals surface area contributed by atoms with E-state index in [0.29, 0.717) is 11.5 Å². The second-order valence-electron chi connectivity index (χ2n) is 4.60. The van der Waals surface area contributed by atoms with E-state index in [9.17, 15) is 9.90 Å². The summed E-state index contributed by atoms with van der Waals surface area (Å²) in [6, 6.07) is 5.25. The third kappa shape index (κ3) is 2.35. The molecule has 1 unspecified atom stereocenters. The molecule has 1 aromatic carbocycles. The molecule has 3 nitrogen and oxygen atoms in total. The van der Waals surface area contributed by atoms with Crippen molar-refractivity contribution in [2.75, 3.05) is 0 Å². The van der Waals surface area contributed by atoms with E-state index in [4.69, 9.17) is 0 Å². The van der Waals surface area contributed by atoms with Gasteiger partial charge in [-0.1, -0.05) is 6.07 Å². The molecule has 1 aliphatic carbocycles. The van der Waals surface area contributed by atoms with Crippen LogP contribution >= 0.6 is 0 Å². The fraction of sp³-hybridized carbons (Fsp3) is 0.462. The third-order valence-electron chi connectivity index (χ3n) is 3.16. The predicted octanol–water partition coefficient (Wildman–Crippen LogP) is 2.23. The number of hydrogen-bond donors (Lipinski definition) is 2. The van der Waals surface area contributed by atoms with Crippen LogP contribution in [0.25, 0.3) is 0 Å². The molecule has 0 bridgehead atoms. The van der Waals surface area contributed by atoms with Crippen molar-refractivity contribution in [3.05, 3.63) is 29.3 Å². The number of nitrogens with one attached hydrogen (secondary N) is 1.